The van der Waals surface area contributed by atoms with E-state index in [1.165, 1.54) is 19.3 Å². The topological polar surface area (TPSA) is 17.1 Å². The molecule has 0 aromatic rings. The molecule has 0 saturated heterocycles. The van der Waals surface area contributed by atoms with Crippen molar-refractivity contribution >= 4 is 5.78 Å². The fraction of sp³-hybridized carbons (Fsp3) is 0.786. The molecule has 0 heterocycles. The van der Waals surface area contributed by atoms with Gasteiger partial charge in [-0.1, -0.05) is 33.8 Å². The highest BCUT2D eigenvalue weighted by Crippen LogP contribution is 2.58. The second-order valence-electron chi connectivity index (χ2n) is 6.36. The zero-order valence-corrected chi connectivity index (χ0v) is 10.2. The quantitative estimate of drug-likeness (QED) is 0.552. The molecule has 0 radical (unpaired) electrons. The summed E-state index contributed by atoms with van der Waals surface area (Å²) in [6.45, 7) is 11.0. The first kappa shape index (κ1) is 10.9. The van der Waals surface area contributed by atoms with Crippen molar-refractivity contribution in [1.29, 1.82) is 0 Å². The normalized spacial score (nSPS) is 40.1. The first-order valence-electron chi connectivity index (χ1n) is 6.10. The highest BCUT2D eigenvalue weighted by atomic mass is 16.1. The molecule has 2 saturated carbocycles. The molecule has 2 rings (SSSR count). The molecule has 2 aliphatic carbocycles. The lowest BCUT2D eigenvalue weighted by Crippen LogP contribution is -2.36. The first-order valence-corrected chi connectivity index (χ1v) is 6.10. The van der Waals surface area contributed by atoms with E-state index in [4.69, 9.17) is 0 Å². The van der Waals surface area contributed by atoms with Crippen LogP contribution >= 0.6 is 0 Å². The van der Waals surface area contributed by atoms with E-state index in [9.17, 15) is 4.79 Å². The third-order valence-electron chi connectivity index (χ3n) is 4.64. The van der Waals surface area contributed by atoms with Gasteiger partial charge < -0.3 is 0 Å². The molecule has 0 bridgehead atoms. The van der Waals surface area contributed by atoms with Crippen LogP contribution in [0.15, 0.2) is 12.2 Å². The largest absolute Gasteiger partial charge is 0.295 e. The minimum absolute atomic E-state index is 0.152. The summed E-state index contributed by atoms with van der Waals surface area (Å²) in [6.07, 6.45) is 5.62. The van der Waals surface area contributed by atoms with Crippen LogP contribution < -0.4 is 0 Å². The number of hydrogen-bond acceptors (Lipinski definition) is 1. The number of allylic oxidation sites excluding steroid dienone is 1. The second-order valence-corrected chi connectivity index (χ2v) is 6.36. The van der Waals surface area contributed by atoms with E-state index in [-0.39, 0.29) is 5.41 Å². The predicted octanol–water partition coefficient (Wildman–Crippen LogP) is 3.74. The van der Waals surface area contributed by atoms with Gasteiger partial charge in [0.25, 0.3) is 0 Å². The van der Waals surface area contributed by atoms with Gasteiger partial charge in [-0.05, 0) is 36.2 Å². The molecule has 1 heteroatoms. The average molecular weight is 206 g/mol. The van der Waals surface area contributed by atoms with Crippen molar-refractivity contribution in [3.63, 3.8) is 0 Å². The van der Waals surface area contributed by atoms with E-state index in [1.54, 1.807) is 0 Å². The molecule has 15 heavy (non-hydrogen) atoms. The average Bonchev–Trinajstić information content (AvgIpc) is 2.30. The zero-order chi connectivity index (χ0) is 11.3. The predicted molar refractivity (Wildman–Crippen MR) is 62.6 cm³/mol. The van der Waals surface area contributed by atoms with Crippen LogP contribution in [-0.2, 0) is 4.79 Å². The number of ketones is 1. The highest BCUT2D eigenvalue weighted by Gasteiger charge is 2.51. The minimum atomic E-state index is 0.152. The minimum Gasteiger partial charge on any atom is -0.295 e. The molecule has 2 aliphatic rings. The Bertz CT molecular complexity index is 313. The van der Waals surface area contributed by atoms with Crippen LogP contribution in [0.25, 0.3) is 0 Å². The summed E-state index contributed by atoms with van der Waals surface area (Å²) in [7, 11) is 0. The van der Waals surface area contributed by atoms with Gasteiger partial charge in [-0.15, -0.1) is 0 Å². The third-order valence-corrected chi connectivity index (χ3v) is 4.64. The second kappa shape index (κ2) is 3.20. The maximum atomic E-state index is 11.8. The number of carbonyl (C=O) groups excluding carboxylic acids is 1. The summed E-state index contributed by atoms with van der Waals surface area (Å²) in [4.78, 5) is 11.8. The number of hydrogen-bond donors (Lipinski definition) is 0. The Labute approximate surface area is 92.9 Å². The molecule has 0 N–H and O–H groups in total. The van der Waals surface area contributed by atoms with E-state index in [1.807, 2.05) is 0 Å². The molecule has 1 spiro atoms. The zero-order valence-electron chi connectivity index (χ0n) is 10.2. The van der Waals surface area contributed by atoms with Crippen LogP contribution in [0.4, 0.5) is 0 Å². The van der Waals surface area contributed by atoms with Crippen LogP contribution in [0.5, 0.6) is 0 Å². The van der Waals surface area contributed by atoms with Gasteiger partial charge in [0.2, 0.25) is 0 Å². The maximum Gasteiger partial charge on any atom is 0.159 e. The van der Waals surface area contributed by atoms with Crippen molar-refractivity contribution in [2.24, 2.45) is 16.7 Å². The Morgan fingerprint density at radius 1 is 1.33 bits per heavy atom. The van der Waals surface area contributed by atoms with Crippen molar-refractivity contribution in [2.75, 3.05) is 0 Å². The lowest BCUT2D eigenvalue weighted by molar-refractivity contribution is -0.114. The summed E-state index contributed by atoms with van der Waals surface area (Å²) < 4.78 is 0. The molecule has 0 aliphatic heterocycles. The summed E-state index contributed by atoms with van der Waals surface area (Å²) in [5.74, 6) is 0.831. The van der Waals surface area contributed by atoms with Crippen LogP contribution in [0, 0.1) is 16.7 Å². The Kier molecular flexibility index (Phi) is 2.33. The molecular weight excluding hydrogens is 184 g/mol. The van der Waals surface area contributed by atoms with Crippen LogP contribution in [0.2, 0.25) is 0 Å². The molecule has 0 amide bonds. The van der Waals surface area contributed by atoms with Gasteiger partial charge in [-0.25, -0.2) is 0 Å². The van der Waals surface area contributed by atoms with Gasteiger partial charge in [0.15, 0.2) is 5.78 Å². The molecule has 84 valence electrons. The van der Waals surface area contributed by atoms with E-state index in [0.717, 1.165) is 18.4 Å². The molecule has 0 aromatic heterocycles. The van der Waals surface area contributed by atoms with Gasteiger partial charge >= 0.3 is 0 Å². The van der Waals surface area contributed by atoms with Gasteiger partial charge in [0.05, 0.1) is 0 Å². The lowest BCUT2D eigenvalue weighted by atomic mass is 9.58. The fourth-order valence-corrected chi connectivity index (χ4v) is 3.76. The number of carbonyl (C=O) groups is 1. The Morgan fingerprint density at radius 3 is 2.47 bits per heavy atom. The van der Waals surface area contributed by atoms with Gasteiger partial charge in [0.1, 0.15) is 0 Å². The summed E-state index contributed by atoms with van der Waals surface area (Å²) in [5, 5.41) is 0. The molecule has 2 atom stereocenters. The Balaban J connectivity index is 2.33. The van der Waals surface area contributed by atoms with Crippen molar-refractivity contribution < 1.29 is 4.79 Å². The van der Waals surface area contributed by atoms with E-state index >= 15 is 0 Å². The fourth-order valence-electron chi connectivity index (χ4n) is 3.76. The van der Waals surface area contributed by atoms with Crippen molar-refractivity contribution in [2.45, 2.75) is 52.9 Å². The van der Waals surface area contributed by atoms with Gasteiger partial charge in [0, 0.05) is 11.8 Å². The molecule has 0 unspecified atom stereocenters. The highest BCUT2D eigenvalue weighted by molar-refractivity contribution is 5.99. The lowest BCUT2D eigenvalue weighted by Gasteiger charge is -2.45. The first-order chi connectivity index (χ1) is 6.87. The Morgan fingerprint density at radius 2 is 2.00 bits per heavy atom. The van der Waals surface area contributed by atoms with Crippen molar-refractivity contribution in [3.8, 4) is 0 Å². The van der Waals surface area contributed by atoms with Crippen molar-refractivity contribution in [3.05, 3.63) is 12.2 Å². The van der Waals surface area contributed by atoms with Crippen LogP contribution in [0.3, 0.4) is 0 Å². The molecule has 2 fully saturated rings. The smallest absolute Gasteiger partial charge is 0.159 e. The van der Waals surface area contributed by atoms with Crippen molar-refractivity contribution in [1.82, 2.24) is 0 Å². The van der Waals surface area contributed by atoms with E-state index < -0.39 is 0 Å². The molecule has 1 nitrogen and oxygen atoms in total. The summed E-state index contributed by atoms with van der Waals surface area (Å²) in [5.41, 5.74) is 1.47. The SMILES string of the molecule is C=C1C(=O)C[C@@H](C)[C@@]12CCCC(C)(C)C2. The summed E-state index contributed by atoms with van der Waals surface area (Å²) in [6, 6.07) is 0. The van der Waals surface area contributed by atoms with Gasteiger partial charge in [-0.3, -0.25) is 4.79 Å². The molecule has 0 aromatic carbocycles. The number of Topliss-reactive ketones (excluding diaryl/α,β-unsaturated/α-hetero) is 1. The number of rotatable bonds is 0. The van der Waals surface area contributed by atoms with E-state index in [2.05, 4.69) is 27.4 Å². The standard InChI is InChI=1S/C14H22O/c1-10-8-12(15)11(2)14(10)7-5-6-13(3,4)9-14/h10H,2,5-9H2,1,3-4H3/t10-,14+/m1/s1. The monoisotopic (exact) mass is 206 g/mol. The maximum absolute atomic E-state index is 11.8. The summed E-state index contributed by atoms with van der Waals surface area (Å²) >= 11 is 0. The Hall–Kier alpha value is -0.590. The van der Waals surface area contributed by atoms with Crippen LogP contribution in [0.1, 0.15) is 52.9 Å². The molecular formula is C14H22O. The van der Waals surface area contributed by atoms with Crippen LogP contribution in [-0.4, -0.2) is 5.78 Å². The van der Waals surface area contributed by atoms with E-state index in [0.29, 0.717) is 17.1 Å². The van der Waals surface area contributed by atoms with Gasteiger partial charge in [-0.2, -0.15) is 0 Å². The third kappa shape index (κ3) is 1.56.